The molecule has 2 rings (SSSR count). The molecule has 0 saturated carbocycles. The van der Waals surface area contributed by atoms with E-state index in [1.54, 1.807) is 0 Å². The van der Waals surface area contributed by atoms with E-state index in [0.29, 0.717) is 24.3 Å². The molecule has 0 aromatic heterocycles. The molecule has 2 aromatic carbocycles. The number of phenolic OH excluding ortho intramolecular Hbond substituents is 2. The minimum Gasteiger partial charge on any atom is -0.507 e. The Labute approximate surface area is 272 Å². The molecule has 2 aromatic rings. The van der Waals surface area contributed by atoms with Crippen LogP contribution in [0.25, 0.3) is 0 Å². The molecule has 0 aliphatic rings. The van der Waals surface area contributed by atoms with Crippen molar-refractivity contribution in [3.63, 3.8) is 0 Å². The molecule has 250 valence electrons. The van der Waals surface area contributed by atoms with Crippen molar-refractivity contribution in [2.75, 3.05) is 13.2 Å². The van der Waals surface area contributed by atoms with Crippen molar-refractivity contribution in [2.45, 2.75) is 130 Å². The average Bonchev–Trinajstić information content (AvgIpc) is 2.87. The number of esters is 2. The Bertz CT molecular complexity index is 1180. The van der Waals surface area contributed by atoms with Gasteiger partial charge in [-0.1, -0.05) is 107 Å². The summed E-state index contributed by atoms with van der Waals surface area (Å²) in [7, 11) is 0. The second-order valence-corrected chi connectivity index (χ2v) is 16.9. The summed E-state index contributed by atoms with van der Waals surface area (Å²) in [5.74, 6) is -0.168. The first-order valence-corrected chi connectivity index (χ1v) is 16.0. The Morgan fingerprint density at radius 2 is 0.800 bits per heavy atom. The molecule has 2 radical (unpaired) electrons. The highest BCUT2D eigenvalue weighted by Crippen LogP contribution is 2.41. The van der Waals surface area contributed by atoms with Gasteiger partial charge in [-0.05, 0) is 81.7 Å². The number of rotatable bonds is 10. The molecule has 0 fully saturated rings. The van der Waals surface area contributed by atoms with Gasteiger partial charge in [0.15, 0.2) is 0 Å². The number of benzene rings is 2. The van der Waals surface area contributed by atoms with Crippen LogP contribution in [0.1, 0.15) is 129 Å². The van der Waals surface area contributed by atoms with Crippen molar-refractivity contribution in [3.8, 4) is 11.5 Å². The first-order valence-electron chi connectivity index (χ1n) is 16.0. The molecule has 6 heteroatoms. The molecule has 2 N–H and O–H groups in total. The zero-order valence-electron chi connectivity index (χ0n) is 30.0. The van der Waals surface area contributed by atoms with Crippen LogP contribution in [-0.2, 0) is 53.6 Å². The molecular weight excluding hydrogens is 564 g/mol. The Kier molecular flexibility index (Phi) is 11.7. The first-order chi connectivity index (χ1) is 20.2. The van der Waals surface area contributed by atoms with Gasteiger partial charge in [0.05, 0.1) is 0 Å². The third-order valence-corrected chi connectivity index (χ3v) is 7.89. The van der Waals surface area contributed by atoms with E-state index in [1.807, 2.05) is 24.3 Å². The zero-order valence-corrected chi connectivity index (χ0v) is 30.0. The van der Waals surface area contributed by atoms with Crippen LogP contribution < -0.4 is 0 Å². The number of carbonyl (C=O) groups is 2. The highest BCUT2D eigenvalue weighted by atomic mass is 16.5. The molecule has 0 aliphatic heterocycles. The van der Waals surface area contributed by atoms with Crippen LogP contribution in [0.5, 0.6) is 11.5 Å². The summed E-state index contributed by atoms with van der Waals surface area (Å²) >= 11 is 0. The van der Waals surface area contributed by atoms with Crippen molar-refractivity contribution in [2.24, 2.45) is 5.41 Å². The van der Waals surface area contributed by atoms with Crippen molar-refractivity contribution >= 4 is 11.9 Å². The Morgan fingerprint density at radius 1 is 0.556 bits per heavy atom. The van der Waals surface area contributed by atoms with Crippen LogP contribution in [0.3, 0.4) is 0 Å². The first kappa shape index (κ1) is 38.2. The van der Waals surface area contributed by atoms with Crippen LogP contribution >= 0.6 is 0 Å². The lowest BCUT2D eigenvalue weighted by molar-refractivity contribution is -0.150. The Hall–Kier alpha value is -3.02. The van der Waals surface area contributed by atoms with Gasteiger partial charge in [0.2, 0.25) is 0 Å². The number of ether oxygens (including phenoxy) is 2. The van der Waals surface area contributed by atoms with Crippen LogP contribution in [0, 0.1) is 19.3 Å². The second kappa shape index (κ2) is 13.8. The highest BCUT2D eigenvalue weighted by Gasteiger charge is 2.29. The maximum atomic E-state index is 12.7. The number of aryl methyl sites for hydroxylation is 2. The molecule has 45 heavy (non-hydrogen) atoms. The van der Waals surface area contributed by atoms with Crippen LogP contribution in [0.2, 0.25) is 0 Å². The minimum absolute atomic E-state index is 0.0863. The Balaban J connectivity index is 1.96. The van der Waals surface area contributed by atoms with E-state index in [2.05, 4.69) is 96.9 Å². The third kappa shape index (κ3) is 11.1. The second-order valence-electron chi connectivity index (χ2n) is 16.9. The number of carbonyl (C=O) groups excluding carboxylic acids is 2. The van der Waals surface area contributed by atoms with E-state index in [0.717, 1.165) is 33.4 Å². The summed E-state index contributed by atoms with van der Waals surface area (Å²) in [6, 6.07) is 7.87. The quantitative estimate of drug-likeness (QED) is 0.258. The lowest BCUT2D eigenvalue weighted by Crippen LogP contribution is -2.29. The summed E-state index contributed by atoms with van der Waals surface area (Å²) in [5, 5.41) is 21.9. The molecule has 0 saturated heterocycles. The monoisotopic (exact) mass is 622 g/mol. The van der Waals surface area contributed by atoms with Gasteiger partial charge in [-0.2, -0.15) is 0 Å². The fraction of sp³-hybridized carbons (Fsp3) is 0.590. The predicted molar refractivity (Wildman–Crippen MR) is 183 cm³/mol. The third-order valence-electron chi connectivity index (χ3n) is 7.89. The fourth-order valence-electron chi connectivity index (χ4n) is 5.11. The van der Waals surface area contributed by atoms with Crippen molar-refractivity contribution in [3.05, 3.63) is 71.5 Å². The van der Waals surface area contributed by atoms with Gasteiger partial charge < -0.3 is 19.7 Å². The van der Waals surface area contributed by atoms with Gasteiger partial charge in [0.1, 0.15) is 24.7 Å². The summed E-state index contributed by atoms with van der Waals surface area (Å²) in [4.78, 5) is 25.3. The SMILES string of the molecule is [CH2]C([CH2])(COC(=O)CCc1cc(C(C)(C)C)c(O)c(C(C)(C)C)c1)COC(=O)CCc1cc(C(C)(C)C)c(O)c(C(C)(C)C)c1. The summed E-state index contributed by atoms with van der Waals surface area (Å²) < 4.78 is 11.0. The van der Waals surface area contributed by atoms with Gasteiger partial charge in [0.25, 0.3) is 0 Å². The summed E-state index contributed by atoms with van der Waals surface area (Å²) in [6.07, 6.45) is 1.25. The average molecular weight is 623 g/mol. The summed E-state index contributed by atoms with van der Waals surface area (Å²) in [6.45, 7) is 32.5. The lowest BCUT2D eigenvalue weighted by Gasteiger charge is -2.28. The molecule has 6 nitrogen and oxygen atoms in total. The number of aromatic hydroxyl groups is 2. The van der Waals surface area contributed by atoms with E-state index in [1.165, 1.54) is 0 Å². The lowest BCUT2D eigenvalue weighted by atomic mass is 9.78. The van der Waals surface area contributed by atoms with Gasteiger partial charge in [-0.3, -0.25) is 9.59 Å². The molecule has 0 atom stereocenters. The maximum absolute atomic E-state index is 12.7. The summed E-state index contributed by atoms with van der Waals surface area (Å²) in [5.41, 5.74) is 3.26. The molecule has 0 heterocycles. The predicted octanol–water partition coefficient (Wildman–Crippen LogP) is 8.59. The minimum atomic E-state index is -1.04. The molecule has 0 amide bonds. The van der Waals surface area contributed by atoms with Crippen molar-refractivity contribution in [1.82, 2.24) is 0 Å². The normalized spacial score (nSPS) is 13.1. The van der Waals surface area contributed by atoms with Gasteiger partial charge >= 0.3 is 11.9 Å². The highest BCUT2D eigenvalue weighted by molar-refractivity contribution is 5.70. The standard InChI is InChI=1S/C39H58O6/c1-35(2,3)27-19-25(20-28(33(27)42)36(4,5)6)15-17-31(40)44-23-39(13,14)24-45-32(41)18-16-26-21-29(37(7,8)9)34(43)30(22-26)38(10,11)12/h19-22,42-43H,13-18,23-24H2,1-12H3. The topological polar surface area (TPSA) is 93.1 Å². The van der Waals surface area contributed by atoms with Gasteiger partial charge in [0, 0.05) is 18.3 Å². The Morgan fingerprint density at radius 3 is 1.02 bits per heavy atom. The van der Waals surface area contributed by atoms with E-state index >= 15 is 0 Å². The van der Waals surface area contributed by atoms with E-state index < -0.39 is 17.4 Å². The number of hydrogen-bond donors (Lipinski definition) is 2. The maximum Gasteiger partial charge on any atom is 0.306 e. The van der Waals surface area contributed by atoms with E-state index in [4.69, 9.17) is 9.47 Å². The van der Waals surface area contributed by atoms with Crippen LogP contribution in [0.4, 0.5) is 0 Å². The fourth-order valence-corrected chi connectivity index (χ4v) is 5.11. The molecule has 0 unspecified atom stereocenters. The molecule has 0 spiro atoms. The van der Waals surface area contributed by atoms with Gasteiger partial charge in [-0.15, -0.1) is 0 Å². The van der Waals surface area contributed by atoms with Gasteiger partial charge in [-0.25, -0.2) is 0 Å². The number of phenols is 2. The molecule has 0 bridgehead atoms. The molecule has 0 aliphatic carbocycles. The van der Waals surface area contributed by atoms with Crippen LogP contribution in [-0.4, -0.2) is 35.4 Å². The molecular formula is C39H58O6. The van der Waals surface area contributed by atoms with Crippen molar-refractivity contribution in [1.29, 1.82) is 0 Å². The van der Waals surface area contributed by atoms with E-state index in [-0.39, 0.29) is 47.7 Å². The van der Waals surface area contributed by atoms with Crippen LogP contribution in [0.15, 0.2) is 24.3 Å². The largest absolute Gasteiger partial charge is 0.507 e. The van der Waals surface area contributed by atoms with Crippen molar-refractivity contribution < 1.29 is 29.3 Å². The smallest absolute Gasteiger partial charge is 0.306 e. The van der Waals surface area contributed by atoms with E-state index in [9.17, 15) is 19.8 Å². The zero-order chi connectivity index (χ0) is 34.8. The number of hydrogen-bond acceptors (Lipinski definition) is 6.